The van der Waals surface area contributed by atoms with Crippen molar-refractivity contribution in [1.82, 2.24) is 20.9 Å². The van der Waals surface area contributed by atoms with Crippen LogP contribution in [0.4, 0.5) is 4.79 Å². The van der Waals surface area contributed by atoms with Gasteiger partial charge in [0.1, 0.15) is 12.1 Å². The average molecular weight is 523 g/mol. The minimum Gasteiger partial charge on any atom is -0.368 e. The molecule has 3 unspecified atom stereocenters. The van der Waals surface area contributed by atoms with Crippen LogP contribution >= 0.6 is 0 Å². The van der Waals surface area contributed by atoms with Crippen molar-refractivity contribution in [2.75, 3.05) is 13.1 Å². The summed E-state index contributed by atoms with van der Waals surface area (Å²) in [6, 6.07) is -3.71. The van der Waals surface area contributed by atoms with E-state index in [-0.39, 0.29) is 23.8 Å². The summed E-state index contributed by atoms with van der Waals surface area (Å²) < 4.78 is 0. The minimum atomic E-state index is -1.11. The molecule has 1 heterocycles. The molecule has 12 heteroatoms. The molecule has 1 aliphatic heterocycles. The highest BCUT2D eigenvalue weighted by Gasteiger charge is 2.48. The van der Waals surface area contributed by atoms with E-state index in [0.29, 0.717) is 12.8 Å². The Morgan fingerprint density at radius 1 is 0.946 bits per heavy atom. The van der Waals surface area contributed by atoms with E-state index in [2.05, 4.69) is 16.0 Å². The Morgan fingerprint density at radius 3 is 2.00 bits per heavy atom. The molecule has 2 fully saturated rings. The first-order chi connectivity index (χ1) is 16.9. The van der Waals surface area contributed by atoms with Crippen molar-refractivity contribution in [1.29, 1.82) is 0 Å². The third kappa shape index (κ3) is 8.43. The van der Waals surface area contributed by atoms with E-state index in [1.807, 2.05) is 20.8 Å². The van der Waals surface area contributed by atoms with E-state index < -0.39 is 65.5 Å². The summed E-state index contributed by atoms with van der Waals surface area (Å²) in [7, 11) is 0. The first kappa shape index (κ1) is 30.0. The van der Waals surface area contributed by atoms with Gasteiger partial charge in [-0.2, -0.15) is 0 Å². The number of nitrogens with two attached hydrogens (primary N) is 2. The molecule has 6 amide bonds. The van der Waals surface area contributed by atoms with Crippen LogP contribution in [0.5, 0.6) is 0 Å². The maximum atomic E-state index is 13.8. The third-order valence-corrected chi connectivity index (χ3v) is 7.06. The zero-order valence-electron chi connectivity index (χ0n) is 22.7. The number of urea groups is 1. The summed E-state index contributed by atoms with van der Waals surface area (Å²) in [5.74, 6) is -3.50. The molecule has 0 aromatic rings. The fraction of sp³-hybridized carbons (Fsp3) is 0.760. The van der Waals surface area contributed by atoms with Crippen molar-refractivity contribution in [2.24, 2.45) is 34.1 Å². The van der Waals surface area contributed by atoms with Gasteiger partial charge in [0.15, 0.2) is 0 Å². The van der Waals surface area contributed by atoms with Gasteiger partial charge in [-0.3, -0.25) is 24.0 Å². The second-order valence-corrected chi connectivity index (χ2v) is 12.4. The zero-order chi connectivity index (χ0) is 28.3. The lowest BCUT2D eigenvalue weighted by atomic mass is 9.79. The number of hydrogen-bond donors (Lipinski definition) is 5. The van der Waals surface area contributed by atoms with Gasteiger partial charge < -0.3 is 32.3 Å². The van der Waals surface area contributed by atoms with Gasteiger partial charge >= 0.3 is 6.03 Å². The maximum absolute atomic E-state index is 13.8. The van der Waals surface area contributed by atoms with E-state index in [4.69, 9.17) is 11.5 Å². The fourth-order valence-electron chi connectivity index (χ4n) is 4.48. The number of carbonyl (C=O) groups is 6. The molecule has 37 heavy (non-hydrogen) atoms. The van der Waals surface area contributed by atoms with Crippen LogP contribution in [0.3, 0.4) is 0 Å². The van der Waals surface area contributed by atoms with E-state index in [0.717, 1.165) is 12.8 Å². The summed E-state index contributed by atoms with van der Waals surface area (Å²) in [6.07, 6.45) is 2.50. The summed E-state index contributed by atoms with van der Waals surface area (Å²) in [5.41, 5.74) is 9.33. The van der Waals surface area contributed by atoms with Crippen LogP contribution in [0.1, 0.15) is 67.2 Å². The zero-order valence-corrected chi connectivity index (χ0v) is 22.7. The number of primary amides is 2. The van der Waals surface area contributed by atoms with Crippen LogP contribution in [0, 0.1) is 22.7 Å². The molecule has 0 spiro atoms. The van der Waals surface area contributed by atoms with Crippen molar-refractivity contribution in [2.45, 2.75) is 85.4 Å². The molecular formula is C25H42N6O6. The highest BCUT2D eigenvalue weighted by Crippen LogP contribution is 2.38. The molecule has 0 aromatic heterocycles. The smallest absolute Gasteiger partial charge is 0.315 e. The van der Waals surface area contributed by atoms with Gasteiger partial charge in [-0.25, -0.2) is 4.79 Å². The number of hydrogen-bond acceptors (Lipinski definition) is 6. The predicted molar refractivity (Wildman–Crippen MR) is 136 cm³/mol. The number of amides is 6. The average Bonchev–Trinajstić information content (AvgIpc) is 3.45. The lowest BCUT2D eigenvalue weighted by molar-refractivity contribution is -0.143. The number of Topliss-reactive ketones (excluding diaryl/α,β-unsaturated/α-hetero) is 1. The van der Waals surface area contributed by atoms with E-state index in [9.17, 15) is 28.8 Å². The molecule has 7 N–H and O–H groups in total. The van der Waals surface area contributed by atoms with Gasteiger partial charge in [0.25, 0.3) is 5.91 Å². The molecule has 1 saturated carbocycles. The van der Waals surface area contributed by atoms with Crippen molar-refractivity contribution in [3.63, 3.8) is 0 Å². The predicted octanol–water partition coefficient (Wildman–Crippen LogP) is -0.212. The van der Waals surface area contributed by atoms with Gasteiger partial charge in [-0.15, -0.1) is 0 Å². The van der Waals surface area contributed by atoms with Crippen LogP contribution in [0.25, 0.3) is 0 Å². The van der Waals surface area contributed by atoms with Crippen LogP contribution in [-0.2, 0) is 24.0 Å². The van der Waals surface area contributed by atoms with Crippen LogP contribution in [0.2, 0.25) is 0 Å². The minimum absolute atomic E-state index is 0.0368. The molecule has 1 aliphatic carbocycles. The van der Waals surface area contributed by atoms with E-state index in [1.54, 1.807) is 20.8 Å². The van der Waals surface area contributed by atoms with E-state index in [1.165, 1.54) is 4.90 Å². The topological polar surface area (TPSA) is 194 Å². The Labute approximate surface area is 218 Å². The standard InChI is InChI=1S/C25H42N6O6/c1-24(2,3)14-10-16(21(35)29-15(9-13-7-8-13)18(33)20(27)34)31(12-14)22(36)19(25(4,5)6)30-23(37)28-11-17(26)32/h13-16,19H,7-12H2,1-6H3,(H2,26,32)(H2,27,34)(H,29,35)(H2,28,30,37)/t14?,15?,16-,19?/m0/s1. The lowest BCUT2D eigenvalue weighted by Crippen LogP contribution is -2.60. The second kappa shape index (κ2) is 11.5. The van der Waals surface area contributed by atoms with Gasteiger partial charge in [0.2, 0.25) is 23.5 Å². The van der Waals surface area contributed by atoms with Crippen LogP contribution in [0.15, 0.2) is 0 Å². The molecule has 208 valence electrons. The maximum Gasteiger partial charge on any atom is 0.315 e. The molecule has 1 saturated heterocycles. The Hall–Kier alpha value is -3.18. The van der Waals surface area contributed by atoms with Gasteiger partial charge in [0.05, 0.1) is 12.6 Å². The number of carbonyl (C=O) groups excluding carboxylic acids is 6. The first-order valence-corrected chi connectivity index (χ1v) is 12.7. The highest BCUT2D eigenvalue weighted by atomic mass is 16.2. The summed E-state index contributed by atoms with van der Waals surface area (Å²) in [5, 5.41) is 7.61. The summed E-state index contributed by atoms with van der Waals surface area (Å²) in [6.45, 7) is 11.2. The molecule has 4 atom stereocenters. The molecule has 12 nitrogen and oxygen atoms in total. The molecule has 2 rings (SSSR count). The largest absolute Gasteiger partial charge is 0.368 e. The number of likely N-dealkylation sites (tertiary alicyclic amines) is 1. The number of nitrogens with one attached hydrogen (secondary N) is 3. The Morgan fingerprint density at radius 2 is 1.54 bits per heavy atom. The molecule has 0 aromatic carbocycles. The summed E-state index contributed by atoms with van der Waals surface area (Å²) >= 11 is 0. The summed E-state index contributed by atoms with van der Waals surface area (Å²) in [4.78, 5) is 76.2. The molecule has 2 aliphatic rings. The Bertz CT molecular complexity index is 933. The number of ketones is 1. The lowest BCUT2D eigenvalue weighted by Gasteiger charge is -2.36. The Kier molecular flexibility index (Phi) is 9.32. The van der Waals surface area contributed by atoms with Crippen LogP contribution < -0.4 is 27.4 Å². The van der Waals surface area contributed by atoms with Crippen molar-refractivity contribution < 1.29 is 28.8 Å². The molecule has 0 bridgehead atoms. The van der Waals surface area contributed by atoms with Gasteiger partial charge in [-0.1, -0.05) is 54.4 Å². The molecular weight excluding hydrogens is 480 g/mol. The second-order valence-electron chi connectivity index (χ2n) is 12.4. The quantitative estimate of drug-likeness (QED) is 0.246. The molecule has 0 radical (unpaired) electrons. The van der Waals surface area contributed by atoms with Crippen LogP contribution in [-0.4, -0.2) is 71.6 Å². The monoisotopic (exact) mass is 522 g/mol. The SMILES string of the molecule is CC(C)(C)C1C[C@@H](C(=O)NC(CC2CC2)C(=O)C(N)=O)N(C(=O)C(NC(=O)NCC(N)=O)C(C)(C)C)C1. The number of rotatable bonds is 10. The fourth-order valence-corrected chi connectivity index (χ4v) is 4.48. The van der Waals surface area contributed by atoms with E-state index >= 15 is 0 Å². The normalized spacial score (nSPS) is 21.5. The van der Waals surface area contributed by atoms with Gasteiger partial charge in [-0.05, 0) is 35.5 Å². The van der Waals surface area contributed by atoms with Crippen molar-refractivity contribution in [3.05, 3.63) is 0 Å². The number of nitrogens with zero attached hydrogens (tertiary/aromatic N) is 1. The highest BCUT2D eigenvalue weighted by molar-refractivity contribution is 6.37. The Balaban J connectivity index is 2.31. The van der Waals surface area contributed by atoms with Crippen molar-refractivity contribution in [3.8, 4) is 0 Å². The first-order valence-electron chi connectivity index (χ1n) is 12.7. The van der Waals surface area contributed by atoms with Gasteiger partial charge in [0, 0.05) is 6.54 Å². The van der Waals surface area contributed by atoms with Crippen molar-refractivity contribution >= 4 is 35.4 Å². The third-order valence-electron chi connectivity index (χ3n) is 7.06.